The minimum Gasteiger partial charge on any atom is -0.308 e. The van der Waals surface area contributed by atoms with Crippen LogP contribution < -0.4 is 5.32 Å². The van der Waals surface area contributed by atoms with Gasteiger partial charge in [-0.05, 0) is 31.9 Å². The van der Waals surface area contributed by atoms with Crippen molar-refractivity contribution in [2.45, 2.75) is 70.5 Å². The van der Waals surface area contributed by atoms with Gasteiger partial charge in [-0.15, -0.1) is 0 Å². The summed E-state index contributed by atoms with van der Waals surface area (Å²) in [5, 5.41) is 3.94. The SMILES string of the molecule is CSCC(C)N1CC2(CCCCC2)NCC1C(C)C. The Kier molecular flexibility index (Phi) is 5.62. The van der Waals surface area contributed by atoms with E-state index in [0.717, 1.165) is 12.0 Å². The molecule has 1 saturated carbocycles. The molecular formula is C16H32N2S. The van der Waals surface area contributed by atoms with E-state index < -0.39 is 0 Å². The third-order valence-corrected chi connectivity index (χ3v) is 5.97. The number of hydrogen-bond acceptors (Lipinski definition) is 3. The van der Waals surface area contributed by atoms with Crippen LogP contribution in [0.2, 0.25) is 0 Å². The molecule has 0 aromatic rings. The second kappa shape index (κ2) is 6.82. The van der Waals surface area contributed by atoms with Crippen LogP contribution in [-0.2, 0) is 0 Å². The summed E-state index contributed by atoms with van der Waals surface area (Å²) in [6.07, 6.45) is 9.30. The molecule has 2 fully saturated rings. The summed E-state index contributed by atoms with van der Waals surface area (Å²) >= 11 is 1.99. The molecule has 0 aromatic carbocycles. The standard InChI is InChI=1S/C16H32N2S/c1-13(2)15-10-17-16(8-6-5-7-9-16)12-18(15)14(3)11-19-4/h13-15,17H,5-12H2,1-4H3. The van der Waals surface area contributed by atoms with Crippen molar-refractivity contribution in [2.24, 2.45) is 5.92 Å². The van der Waals surface area contributed by atoms with Crippen LogP contribution in [0.4, 0.5) is 0 Å². The van der Waals surface area contributed by atoms with Crippen LogP contribution in [0.25, 0.3) is 0 Å². The Bertz CT molecular complexity index is 274. The first-order valence-electron chi connectivity index (χ1n) is 8.08. The fourth-order valence-electron chi connectivity index (χ4n) is 3.96. The van der Waals surface area contributed by atoms with Gasteiger partial charge in [0.05, 0.1) is 0 Å². The number of thioether (sulfide) groups is 1. The molecule has 0 bridgehead atoms. The van der Waals surface area contributed by atoms with Gasteiger partial charge in [0, 0.05) is 36.5 Å². The average molecular weight is 285 g/mol. The predicted molar refractivity (Wildman–Crippen MR) is 87.0 cm³/mol. The van der Waals surface area contributed by atoms with E-state index in [1.54, 1.807) is 0 Å². The van der Waals surface area contributed by atoms with Crippen molar-refractivity contribution in [3.8, 4) is 0 Å². The van der Waals surface area contributed by atoms with Gasteiger partial charge in [0.2, 0.25) is 0 Å². The maximum Gasteiger partial charge on any atom is 0.0309 e. The van der Waals surface area contributed by atoms with Crippen LogP contribution >= 0.6 is 11.8 Å². The summed E-state index contributed by atoms with van der Waals surface area (Å²) in [6.45, 7) is 9.65. The van der Waals surface area contributed by atoms with Gasteiger partial charge in [-0.2, -0.15) is 11.8 Å². The summed E-state index contributed by atoms with van der Waals surface area (Å²) in [7, 11) is 0. The van der Waals surface area contributed by atoms with E-state index in [-0.39, 0.29) is 0 Å². The van der Waals surface area contributed by atoms with Gasteiger partial charge in [0.1, 0.15) is 0 Å². The maximum atomic E-state index is 3.94. The van der Waals surface area contributed by atoms with E-state index in [1.807, 2.05) is 11.8 Å². The van der Waals surface area contributed by atoms with Crippen molar-refractivity contribution < 1.29 is 0 Å². The molecule has 1 aliphatic heterocycles. The van der Waals surface area contributed by atoms with E-state index in [4.69, 9.17) is 0 Å². The van der Waals surface area contributed by atoms with Crippen LogP contribution in [0, 0.1) is 5.92 Å². The molecule has 3 heteroatoms. The highest BCUT2D eigenvalue weighted by atomic mass is 32.2. The number of nitrogens with zero attached hydrogens (tertiary/aromatic N) is 1. The highest BCUT2D eigenvalue weighted by Gasteiger charge is 2.41. The van der Waals surface area contributed by atoms with E-state index in [9.17, 15) is 0 Å². The molecule has 2 atom stereocenters. The second-order valence-electron chi connectivity index (χ2n) is 7.01. The monoisotopic (exact) mass is 284 g/mol. The summed E-state index contributed by atoms with van der Waals surface area (Å²) in [5.41, 5.74) is 0.441. The molecule has 2 aliphatic rings. The quantitative estimate of drug-likeness (QED) is 0.852. The van der Waals surface area contributed by atoms with Crippen molar-refractivity contribution in [3.05, 3.63) is 0 Å². The average Bonchev–Trinajstić information content (AvgIpc) is 2.39. The number of piperazine rings is 1. The zero-order valence-electron chi connectivity index (χ0n) is 13.2. The Balaban J connectivity index is 2.07. The molecule has 1 N–H and O–H groups in total. The molecule has 1 saturated heterocycles. The van der Waals surface area contributed by atoms with Gasteiger partial charge in [-0.25, -0.2) is 0 Å². The minimum absolute atomic E-state index is 0.441. The highest BCUT2D eigenvalue weighted by Crippen LogP contribution is 2.34. The van der Waals surface area contributed by atoms with Gasteiger partial charge < -0.3 is 5.32 Å². The molecule has 0 radical (unpaired) electrons. The molecule has 0 amide bonds. The molecule has 1 spiro atoms. The van der Waals surface area contributed by atoms with Crippen molar-refractivity contribution in [3.63, 3.8) is 0 Å². The smallest absolute Gasteiger partial charge is 0.0309 e. The van der Waals surface area contributed by atoms with Gasteiger partial charge in [0.25, 0.3) is 0 Å². The first-order valence-corrected chi connectivity index (χ1v) is 9.47. The number of nitrogens with one attached hydrogen (secondary N) is 1. The molecule has 2 nitrogen and oxygen atoms in total. The van der Waals surface area contributed by atoms with Crippen molar-refractivity contribution in [1.82, 2.24) is 10.2 Å². The Labute approximate surface area is 124 Å². The number of hydrogen-bond donors (Lipinski definition) is 1. The lowest BCUT2D eigenvalue weighted by Gasteiger charge is -2.52. The Morgan fingerprint density at radius 1 is 1.21 bits per heavy atom. The minimum atomic E-state index is 0.441. The van der Waals surface area contributed by atoms with Crippen molar-refractivity contribution in [1.29, 1.82) is 0 Å². The molecule has 2 unspecified atom stereocenters. The van der Waals surface area contributed by atoms with E-state index in [1.165, 1.54) is 50.9 Å². The third-order valence-electron chi connectivity index (χ3n) is 5.15. The topological polar surface area (TPSA) is 15.3 Å². The normalized spacial score (nSPS) is 29.8. The molecule has 1 heterocycles. The largest absolute Gasteiger partial charge is 0.308 e. The van der Waals surface area contributed by atoms with Gasteiger partial charge in [-0.1, -0.05) is 33.1 Å². The van der Waals surface area contributed by atoms with Crippen LogP contribution in [0.3, 0.4) is 0 Å². The number of rotatable bonds is 4. The highest BCUT2D eigenvalue weighted by molar-refractivity contribution is 7.98. The predicted octanol–water partition coefficient (Wildman–Crippen LogP) is 3.37. The Morgan fingerprint density at radius 3 is 2.47 bits per heavy atom. The molecule has 19 heavy (non-hydrogen) atoms. The molecule has 2 rings (SSSR count). The first-order chi connectivity index (χ1) is 9.08. The van der Waals surface area contributed by atoms with Gasteiger partial charge in [0.15, 0.2) is 0 Å². The summed E-state index contributed by atoms with van der Waals surface area (Å²) in [5.74, 6) is 2.01. The van der Waals surface area contributed by atoms with Crippen LogP contribution in [0.5, 0.6) is 0 Å². The fraction of sp³-hybridized carbons (Fsp3) is 1.00. The Morgan fingerprint density at radius 2 is 1.89 bits per heavy atom. The molecule has 0 aromatic heterocycles. The van der Waals surface area contributed by atoms with Crippen molar-refractivity contribution >= 4 is 11.8 Å². The third kappa shape index (κ3) is 3.68. The lowest BCUT2D eigenvalue weighted by molar-refractivity contribution is 0.0170. The van der Waals surface area contributed by atoms with Crippen molar-refractivity contribution in [2.75, 3.05) is 25.1 Å². The lowest BCUT2D eigenvalue weighted by Crippen LogP contribution is -2.67. The summed E-state index contributed by atoms with van der Waals surface area (Å²) in [6, 6.07) is 1.43. The van der Waals surface area contributed by atoms with Gasteiger partial charge in [-0.3, -0.25) is 4.90 Å². The molecule has 112 valence electrons. The second-order valence-corrected chi connectivity index (χ2v) is 7.92. The zero-order valence-corrected chi connectivity index (χ0v) is 14.1. The molecule has 1 aliphatic carbocycles. The van der Waals surface area contributed by atoms with E-state index in [0.29, 0.717) is 11.6 Å². The van der Waals surface area contributed by atoms with Crippen LogP contribution in [-0.4, -0.2) is 47.6 Å². The first kappa shape index (κ1) is 15.7. The summed E-state index contributed by atoms with van der Waals surface area (Å²) in [4.78, 5) is 2.82. The maximum absolute atomic E-state index is 3.94. The van der Waals surface area contributed by atoms with Crippen LogP contribution in [0.1, 0.15) is 52.9 Å². The van der Waals surface area contributed by atoms with E-state index in [2.05, 4.69) is 37.2 Å². The molecular weight excluding hydrogens is 252 g/mol. The van der Waals surface area contributed by atoms with Gasteiger partial charge >= 0.3 is 0 Å². The fourth-order valence-corrected chi connectivity index (χ4v) is 4.64. The van der Waals surface area contributed by atoms with Crippen LogP contribution in [0.15, 0.2) is 0 Å². The Hall–Kier alpha value is 0.270. The summed E-state index contributed by atoms with van der Waals surface area (Å²) < 4.78 is 0. The lowest BCUT2D eigenvalue weighted by atomic mass is 9.78. The van der Waals surface area contributed by atoms with E-state index >= 15 is 0 Å². The zero-order chi connectivity index (χ0) is 13.9.